The molecule has 0 aliphatic heterocycles. The molecule has 1 saturated carbocycles. The van der Waals surface area contributed by atoms with Crippen molar-refractivity contribution in [2.24, 2.45) is 0 Å². The average molecular weight is 272 g/mol. The minimum atomic E-state index is -0.205. The molecule has 0 spiro atoms. The monoisotopic (exact) mass is 272 g/mol. The van der Waals surface area contributed by atoms with E-state index < -0.39 is 0 Å². The molecular formula is C15H17FN4. The van der Waals surface area contributed by atoms with E-state index in [1.807, 2.05) is 6.07 Å². The minimum absolute atomic E-state index is 0.205. The molecule has 4 nitrogen and oxygen atoms in total. The van der Waals surface area contributed by atoms with Crippen LogP contribution in [0, 0.1) is 5.82 Å². The van der Waals surface area contributed by atoms with Gasteiger partial charge in [-0.25, -0.2) is 9.37 Å². The summed E-state index contributed by atoms with van der Waals surface area (Å²) < 4.78 is 12.8. The highest BCUT2D eigenvalue weighted by atomic mass is 19.1. The summed E-state index contributed by atoms with van der Waals surface area (Å²) in [6.07, 6.45) is 5.00. The first-order valence-corrected chi connectivity index (χ1v) is 6.87. The van der Waals surface area contributed by atoms with Crippen molar-refractivity contribution in [3.8, 4) is 0 Å². The average Bonchev–Trinajstić information content (AvgIpc) is 3.26. The molecule has 2 N–H and O–H groups in total. The van der Waals surface area contributed by atoms with Crippen molar-refractivity contribution < 1.29 is 4.39 Å². The van der Waals surface area contributed by atoms with Crippen LogP contribution in [0.2, 0.25) is 0 Å². The Labute approximate surface area is 117 Å². The van der Waals surface area contributed by atoms with E-state index in [9.17, 15) is 4.39 Å². The van der Waals surface area contributed by atoms with E-state index in [1.54, 1.807) is 18.3 Å². The van der Waals surface area contributed by atoms with Crippen molar-refractivity contribution in [3.05, 3.63) is 47.9 Å². The Morgan fingerprint density at radius 1 is 1.15 bits per heavy atom. The lowest BCUT2D eigenvalue weighted by Gasteiger charge is -2.07. The number of benzene rings is 1. The first-order chi connectivity index (χ1) is 9.79. The number of hydrogen-bond acceptors (Lipinski definition) is 4. The van der Waals surface area contributed by atoms with Crippen LogP contribution >= 0.6 is 0 Å². The van der Waals surface area contributed by atoms with Gasteiger partial charge in [0.2, 0.25) is 5.95 Å². The predicted octanol–water partition coefficient (Wildman–Crippen LogP) is 2.84. The molecule has 1 heterocycles. The highest BCUT2D eigenvalue weighted by Crippen LogP contribution is 2.23. The summed E-state index contributed by atoms with van der Waals surface area (Å²) in [7, 11) is 0. The summed E-state index contributed by atoms with van der Waals surface area (Å²) in [5.74, 6) is 1.29. The number of hydrogen-bond donors (Lipinski definition) is 2. The van der Waals surface area contributed by atoms with Gasteiger partial charge in [-0.3, -0.25) is 0 Å². The van der Waals surface area contributed by atoms with Crippen LogP contribution < -0.4 is 10.6 Å². The molecule has 0 saturated heterocycles. The van der Waals surface area contributed by atoms with E-state index in [0.29, 0.717) is 12.0 Å². The number of anilines is 2. The molecule has 1 fully saturated rings. The lowest BCUT2D eigenvalue weighted by atomic mass is 10.1. The van der Waals surface area contributed by atoms with Crippen LogP contribution in [-0.4, -0.2) is 22.6 Å². The van der Waals surface area contributed by atoms with Gasteiger partial charge < -0.3 is 10.6 Å². The minimum Gasteiger partial charge on any atom is -0.367 e. The molecule has 1 aliphatic rings. The zero-order valence-electron chi connectivity index (χ0n) is 11.1. The van der Waals surface area contributed by atoms with Crippen molar-refractivity contribution in [2.75, 3.05) is 17.2 Å². The maximum absolute atomic E-state index is 12.8. The molecule has 0 atom stereocenters. The van der Waals surface area contributed by atoms with E-state index >= 15 is 0 Å². The topological polar surface area (TPSA) is 49.8 Å². The molecule has 0 radical (unpaired) electrons. The van der Waals surface area contributed by atoms with Gasteiger partial charge in [0.15, 0.2) is 0 Å². The Kier molecular flexibility index (Phi) is 3.76. The summed E-state index contributed by atoms with van der Waals surface area (Å²) >= 11 is 0. The van der Waals surface area contributed by atoms with E-state index in [1.165, 1.54) is 25.0 Å². The summed E-state index contributed by atoms with van der Waals surface area (Å²) in [6.45, 7) is 0.721. The van der Waals surface area contributed by atoms with Gasteiger partial charge in [0, 0.05) is 18.8 Å². The maximum atomic E-state index is 12.8. The van der Waals surface area contributed by atoms with Crippen molar-refractivity contribution in [3.63, 3.8) is 0 Å². The van der Waals surface area contributed by atoms with Crippen molar-refractivity contribution >= 4 is 11.8 Å². The molecule has 1 aromatic heterocycles. The van der Waals surface area contributed by atoms with Gasteiger partial charge in [-0.05, 0) is 43.0 Å². The number of nitrogens with one attached hydrogen (secondary N) is 2. The second kappa shape index (κ2) is 5.86. The highest BCUT2D eigenvalue weighted by molar-refractivity contribution is 5.41. The maximum Gasteiger partial charge on any atom is 0.224 e. The van der Waals surface area contributed by atoms with Crippen molar-refractivity contribution in [1.82, 2.24) is 9.97 Å². The Morgan fingerprint density at radius 2 is 1.95 bits per heavy atom. The first kappa shape index (κ1) is 12.8. The summed E-state index contributed by atoms with van der Waals surface area (Å²) in [5, 5.41) is 6.52. The fourth-order valence-corrected chi connectivity index (χ4v) is 1.93. The highest BCUT2D eigenvalue weighted by Gasteiger charge is 2.21. The zero-order chi connectivity index (χ0) is 13.8. The van der Waals surface area contributed by atoms with Crippen LogP contribution in [0.15, 0.2) is 36.5 Å². The largest absolute Gasteiger partial charge is 0.367 e. The molecule has 1 aliphatic carbocycles. The van der Waals surface area contributed by atoms with Gasteiger partial charge in [0.25, 0.3) is 0 Å². The van der Waals surface area contributed by atoms with Crippen LogP contribution in [0.25, 0.3) is 0 Å². The third-order valence-electron chi connectivity index (χ3n) is 3.19. The summed E-state index contributed by atoms with van der Waals surface area (Å²) in [5.41, 5.74) is 1.09. The molecule has 5 heteroatoms. The van der Waals surface area contributed by atoms with Crippen LogP contribution in [0.4, 0.5) is 16.2 Å². The quantitative estimate of drug-likeness (QED) is 0.849. The molecule has 0 unspecified atom stereocenters. The van der Waals surface area contributed by atoms with E-state index in [2.05, 4.69) is 20.6 Å². The fourth-order valence-electron chi connectivity index (χ4n) is 1.93. The number of rotatable bonds is 6. The second-order valence-corrected chi connectivity index (χ2v) is 4.99. The van der Waals surface area contributed by atoms with Crippen LogP contribution in [0.3, 0.4) is 0 Å². The molecule has 1 aromatic carbocycles. The van der Waals surface area contributed by atoms with Crippen LogP contribution in [0.1, 0.15) is 18.4 Å². The Balaban J connectivity index is 1.51. The smallest absolute Gasteiger partial charge is 0.224 e. The second-order valence-electron chi connectivity index (χ2n) is 4.99. The van der Waals surface area contributed by atoms with Crippen LogP contribution in [0.5, 0.6) is 0 Å². The van der Waals surface area contributed by atoms with Gasteiger partial charge in [-0.1, -0.05) is 12.1 Å². The number of aromatic nitrogens is 2. The lowest BCUT2D eigenvalue weighted by molar-refractivity contribution is 0.627. The molecule has 2 aromatic rings. The third-order valence-corrected chi connectivity index (χ3v) is 3.19. The Hall–Kier alpha value is -2.17. The first-order valence-electron chi connectivity index (χ1n) is 6.87. The standard InChI is InChI=1S/C15H17FN4/c16-12-3-1-11(2-4-12)7-9-17-15-18-10-8-14(20-15)19-13-5-6-13/h1-4,8,10,13H,5-7,9H2,(H2,17,18,19,20). The van der Waals surface area contributed by atoms with E-state index in [-0.39, 0.29) is 5.82 Å². The van der Waals surface area contributed by atoms with Gasteiger partial charge >= 0.3 is 0 Å². The third kappa shape index (κ3) is 3.66. The van der Waals surface area contributed by atoms with Gasteiger partial charge in [-0.2, -0.15) is 4.98 Å². The van der Waals surface area contributed by atoms with Gasteiger partial charge in [0.05, 0.1) is 0 Å². The molecule has 104 valence electrons. The Bertz CT molecular complexity index is 566. The van der Waals surface area contributed by atoms with Gasteiger partial charge in [-0.15, -0.1) is 0 Å². The fraction of sp³-hybridized carbons (Fsp3) is 0.333. The van der Waals surface area contributed by atoms with Crippen molar-refractivity contribution in [2.45, 2.75) is 25.3 Å². The Morgan fingerprint density at radius 3 is 2.70 bits per heavy atom. The molecule has 3 rings (SSSR count). The van der Waals surface area contributed by atoms with E-state index in [0.717, 1.165) is 24.3 Å². The molecule has 20 heavy (non-hydrogen) atoms. The SMILES string of the molecule is Fc1ccc(CCNc2nccc(NC3CC3)n2)cc1. The zero-order valence-corrected chi connectivity index (χ0v) is 11.1. The van der Waals surface area contributed by atoms with E-state index in [4.69, 9.17) is 0 Å². The normalized spacial score (nSPS) is 14.1. The summed E-state index contributed by atoms with van der Waals surface area (Å²) in [4.78, 5) is 8.60. The number of halogens is 1. The summed E-state index contributed by atoms with van der Waals surface area (Å²) in [6, 6.07) is 9.00. The van der Waals surface area contributed by atoms with Crippen molar-refractivity contribution in [1.29, 1.82) is 0 Å². The van der Waals surface area contributed by atoms with Gasteiger partial charge in [0.1, 0.15) is 11.6 Å². The molecule has 0 bridgehead atoms. The predicted molar refractivity (Wildman–Crippen MR) is 77.3 cm³/mol. The molecule has 0 amide bonds. The van der Waals surface area contributed by atoms with Crippen LogP contribution in [-0.2, 0) is 6.42 Å². The number of nitrogens with zero attached hydrogens (tertiary/aromatic N) is 2. The molecular weight excluding hydrogens is 255 g/mol. The lowest BCUT2D eigenvalue weighted by Crippen LogP contribution is -2.10.